The van der Waals surface area contributed by atoms with E-state index in [4.69, 9.17) is 1.12 Å². The van der Waals surface area contributed by atoms with Crippen LogP contribution < -0.4 is 0 Å². The lowest BCUT2D eigenvalue weighted by molar-refractivity contribution is -0.203. The van der Waals surface area contributed by atoms with Crippen molar-refractivity contribution in [2.24, 2.45) is 0 Å². The molecule has 0 unspecified atom stereocenters. The molecule has 0 aromatic rings. The molecule has 0 aliphatic carbocycles. The van der Waals surface area contributed by atoms with Gasteiger partial charge in [0.25, 0.3) is 0 Å². The Bertz CT molecular complexity index is 66.0. The van der Waals surface area contributed by atoms with Gasteiger partial charge in [0.15, 0.2) is 0 Å². The molecule has 6 heavy (non-hydrogen) atoms. The summed E-state index contributed by atoms with van der Waals surface area (Å²) in [5.41, 5.74) is 0. The average Bonchev–Trinajstić information content (AvgIpc) is 1.68. The first kappa shape index (κ1) is 3.95. The Morgan fingerprint density at radius 1 is 2.17 bits per heavy atom. The smallest absolute Gasteiger partial charge is 0.286 e. The first-order chi connectivity index (χ1) is 3.31. The fraction of sp³-hybridized carbons (Fsp3) is 0.500. The van der Waals surface area contributed by atoms with E-state index in [1.807, 2.05) is 0 Å². The minimum atomic E-state index is -0.762. The summed E-state index contributed by atoms with van der Waals surface area (Å²) in [6.45, 7) is 0. The maximum Gasteiger partial charge on any atom is 0.397 e. The van der Waals surface area contributed by atoms with Crippen LogP contribution in [-0.2, 0) is 9.78 Å². The molecular formula is C2H4O3S. The van der Waals surface area contributed by atoms with Crippen molar-refractivity contribution in [2.45, 2.75) is 0 Å². The van der Waals surface area contributed by atoms with Crippen LogP contribution in [0, 0.1) is 0 Å². The summed E-state index contributed by atoms with van der Waals surface area (Å²) in [7, 11) is 1.20. The molecular weight excluding hydrogens is 104 g/mol. The minimum absolute atomic E-state index is 0.213. The largest absolute Gasteiger partial charge is 0.397 e. The molecule has 0 radical (unpaired) electrons. The second-order valence-electron chi connectivity index (χ2n) is 0.500. The van der Waals surface area contributed by atoms with Crippen LogP contribution in [0.15, 0.2) is 0 Å². The van der Waals surface area contributed by atoms with Gasteiger partial charge in [0.1, 0.15) is 1.12 Å². The van der Waals surface area contributed by atoms with E-state index in [0.717, 1.165) is 0 Å². The Morgan fingerprint density at radius 3 is 3.00 bits per heavy atom. The molecule has 0 aromatic carbocycles. The van der Waals surface area contributed by atoms with Crippen molar-refractivity contribution >= 4 is 17.8 Å². The zero-order valence-corrected chi connectivity index (χ0v) is 3.95. The third-order valence-corrected chi connectivity index (χ3v) is 0.219. The lowest BCUT2D eigenvalue weighted by Crippen LogP contribution is -1.88. The molecule has 4 heteroatoms. The molecule has 0 heterocycles. The molecule has 0 aromatic heterocycles. The molecule has 0 atom stereocenters. The van der Waals surface area contributed by atoms with Crippen molar-refractivity contribution in [1.82, 2.24) is 0 Å². The highest BCUT2D eigenvalue weighted by atomic mass is 32.1. The van der Waals surface area contributed by atoms with E-state index in [1.165, 1.54) is 7.11 Å². The van der Waals surface area contributed by atoms with Crippen LogP contribution in [0.5, 0.6) is 0 Å². The third kappa shape index (κ3) is 3.78. The van der Waals surface area contributed by atoms with Gasteiger partial charge < -0.3 is 0 Å². The fourth-order valence-corrected chi connectivity index (χ4v) is 0.136. The summed E-state index contributed by atoms with van der Waals surface area (Å²) in [5.74, 6) is 0. The summed E-state index contributed by atoms with van der Waals surface area (Å²) in [5, 5.41) is -0.762. The van der Waals surface area contributed by atoms with Gasteiger partial charge in [0.05, 0.1) is 7.11 Å². The summed E-state index contributed by atoms with van der Waals surface area (Å²) in [6.07, 6.45) is 0. The van der Waals surface area contributed by atoms with Gasteiger partial charge in [-0.2, -0.15) is 4.89 Å². The molecule has 3 nitrogen and oxygen atoms in total. The predicted octanol–water partition coefficient (Wildman–Crippen LogP) is 0.614. The van der Waals surface area contributed by atoms with E-state index in [1.54, 1.807) is 0 Å². The normalized spacial score (nSPS) is 9.83. The molecule has 0 bridgehead atoms. The lowest BCUT2D eigenvalue weighted by atomic mass is 11.6. The highest BCUT2D eigenvalue weighted by Gasteiger charge is 1.85. The summed E-state index contributed by atoms with van der Waals surface area (Å²) in [6, 6.07) is 0. The monoisotopic (exact) mass is 110 g/mol. The van der Waals surface area contributed by atoms with E-state index in [9.17, 15) is 4.79 Å². The Balaban J connectivity index is 3.00. The average molecular weight is 110 g/mol. The lowest BCUT2D eigenvalue weighted by Gasteiger charge is -1.86. The van der Waals surface area contributed by atoms with Gasteiger partial charge in [-0.3, -0.25) is 4.89 Å². The van der Waals surface area contributed by atoms with Crippen LogP contribution in [-0.4, -0.2) is 13.5 Å². The van der Waals surface area contributed by atoms with Crippen LogP contribution in [0.1, 0.15) is 0 Å². The number of rotatable bonds is 1. The van der Waals surface area contributed by atoms with Crippen LogP contribution >= 0.6 is 12.5 Å². The number of carbonyl (C=O) groups excluding carboxylic acids is 1. The first-order valence-electron chi connectivity index (χ1n) is 1.60. The van der Waals surface area contributed by atoms with Crippen LogP contribution in [0.2, 0.25) is 0 Å². The van der Waals surface area contributed by atoms with Gasteiger partial charge >= 0.3 is 5.30 Å². The van der Waals surface area contributed by atoms with Crippen LogP contribution in [0.4, 0.5) is 4.79 Å². The van der Waals surface area contributed by atoms with Gasteiger partial charge in [0, 0.05) is 0 Å². The van der Waals surface area contributed by atoms with E-state index in [2.05, 4.69) is 9.78 Å². The molecule has 0 saturated carbocycles. The standard InChI is InChI=1S/C2H4O3S/c1-4-5-2(3)6/h1H3,(H,3,6)/i/hT. The number of hydrogen-bond acceptors (Lipinski definition) is 4. The SMILES string of the molecule is [3H]SC(=O)OOC. The van der Waals surface area contributed by atoms with Gasteiger partial charge in [-0.25, -0.2) is 4.79 Å². The topological polar surface area (TPSA) is 35.5 Å². The molecule has 0 aliphatic rings. The van der Waals surface area contributed by atoms with Gasteiger partial charge in [0.2, 0.25) is 0 Å². The minimum Gasteiger partial charge on any atom is -0.286 e. The Labute approximate surface area is 41.7 Å². The van der Waals surface area contributed by atoms with Gasteiger partial charge in [-0.15, -0.1) is 0 Å². The van der Waals surface area contributed by atoms with Crippen molar-refractivity contribution in [3.63, 3.8) is 0 Å². The Morgan fingerprint density at radius 2 is 2.83 bits per heavy atom. The highest BCUT2D eigenvalue weighted by Crippen LogP contribution is 1.82. The molecule has 0 saturated heterocycles. The quantitative estimate of drug-likeness (QED) is 0.305. The van der Waals surface area contributed by atoms with Gasteiger partial charge in [-0.05, 0) is 0 Å². The zero-order valence-electron chi connectivity index (χ0n) is 4.13. The third-order valence-electron chi connectivity index (χ3n) is 0.151. The van der Waals surface area contributed by atoms with E-state index >= 15 is 0 Å². The number of hydrogen-bond donors (Lipinski definition) is 1. The van der Waals surface area contributed by atoms with Crippen molar-refractivity contribution in [3.05, 3.63) is 0 Å². The fourth-order valence-electron chi connectivity index (χ4n) is 0.0680. The van der Waals surface area contributed by atoms with Crippen molar-refractivity contribution in [3.8, 4) is 0 Å². The number of thiol groups is 1. The van der Waals surface area contributed by atoms with E-state index in [0.29, 0.717) is 0 Å². The molecule has 0 fully saturated rings. The molecule has 0 rings (SSSR count). The molecule has 0 aliphatic heterocycles. The van der Waals surface area contributed by atoms with Crippen molar-refractivity contribution in [1.29, 1.82) is 1.12 Å². The summed E-state index contributed by atoms with van der Waals surface area (Å²) >= 11 is 0.213. The maximum absolute atomic E-state index is 9.84. The first-order valence-corrected chi connectivity index (χ1v) is 1.60. The summed E-state index contributed by atoms with van der Waals surface area (Å²) in [4.78, 5) is 17.6. The molecule has 36 valence electrons. The second-order valence-corrected chi connectivity index (χ2v) is 0.833. The van der Waals surface area contributed by atoms with Crippen LogP contribution in [0.25, 0.3) is 0 Å². The van der Waals surface area contributed by atoms with E-state index < -0.39 is 5.30 Å². The molecule has 0 spiro atoms. The Hall–Kier alpha value is -0.220. The summed E-state index contributed by atoms with van der Waals surface area (Å²) < 4.78 is 6.27. The maximum atomic E-state index is 9.84. The Kier molecular flexibility index (Phi) is 1.97. The van der Waals surface area contributed by atoms with Gasteiger partial charge in [-0.1, -0.05) is 12.5 Å². The van der Waals surface area contributed by atoms with Crippen LogP contribution in [0.3, 0.4) is 0 Å². The molecule has 0 N–H and O–H groups in total. The highest BCUT2D eigenvalue weighted by molar-refractivity contribution is 7.96. The number of carbonyl (C=O) groups is 1. The second kappa shape index (κ2) is 2.99. The predicted molar refractivity (Wildman–Crippen MR) is 22.5 cm³/mol. The van der Waals surface area contributed by atoms with Crippen molar-refractivity contribution < 1.29 is 14.6 Å². The van der Waals surface area contributed by atoms with Crippen molar-refractivity contribution in [2.75, 3.05) is 7.11 Å². The van der Waals surface area contributed by atoms with E-state index in [-0.39, 0.29) is 12.5 Å². The molecule has 0 amide bonds. The zero-order chi connectivity index (χ0) is 5.70.